The number of amides is 1. The molecule has 8 nitrogen and oxygen atoms in total. The molecule has 5 N–H and O–H groups in total. The molecule has 0 aromatic carbocycles. The Morgan fingerprint density at radius 1 is 0.711 bits per heavy atom. The smallest absolute Gasteiger partial charge is 0.387 e. The predicted molar refractivity (Wildman–Crippen MR) is 189 cm³/mol. The van der Waals surface area contributed by atoms with Gasteiger partial charge >= 0.3 is 7.82 Å². The molecule has 0 radical (unpaired) electrons. The molecule has 1 amide bonds. The van der Waals surface area contributed by atoms with E-state index in [1.54, 1.807) is 6.08 Å². The molecule has 3 atom stereocenters. The van der Waals surface area contributed by atoms with Gasteiger partial charge in [0, 0.05) is 13.0 Å². The number of phosphoric ester groups is 1. The van der Waals surface area contributed by atoms with E-state index in [2.05, 4.69) is 43.5 Å². The van der Waals surface area contributed by atoms with Crippen LogP contribution in [0.15, 0.2) is 36.5 Å². The van der Waals surface area contributed by atoms with E-state index in [9.17, 15) is 19.4 Å². The maximum Gasteiger partial charge on any atom is 0.472 e. The third-order valence-corrected chi connectivity index (χ3v) is 8.67. The van der Waals surface area contributed by atoms with Crippen LogP contribution in [0.3, 0.4) is 0 Å². The number of carbonyl (C=O) groups is 1. The Bertz CT molecular complexity index is 804. The molecule has 3 unspecified atom stereocenters. The highest BCUT2D eigenvalue weighted by Crippen LogP contribution is 2.43. The number of carbonyl (C=O) groups excluding carboxylic acids is 1. The number of phosphoric acid groups is 1. The fourth-order valence-corrected chi connectivity index (χ4v) is 5.66. The summed E-state index contributed by atoms with van der Waals surface area (Å²) in [6.07, 6.45) is 36.2. The first-order valence-electron chi connectivity index (χ1n) is 18.1. The molecule has 0 aliphatic carbocycles. The van der Waals surface area contributed by atoms with Crippen LogP contribution in [0, 0.1) is 0 Å². The zero-order chi connectivity index (χ0) is 33.3. The second-order valence-corrected chi connectivity index (χ2v) is 13.5. The van der Waals surface area contributed by atoms with Crippen molar-refractivity contribution < 1.29 is 28.4 Å². The summed E-state index contributed by atoms with van der Waals surface area (Å²) in [4.78, 5) is 22.5. The second kappa shape index (κ2) is 32.7. The summed E-state index contributed by atoms with van der Waals surface area (Å²) in [5.74, 6) is -0.216. The summed E-state index contributed by atoms with van der Waals surface area (Å²) in [7, 11) is -4.34. The number of hydrogen-bond donors (Lipinski definition) is 4. The molecule has 0 saturated carbocycles. The van der Waals surface area contributed by atoms with Crippen molar-refractivity contribution in [3.63, 3.8) is 0 Å². The van der Waals surface area contributed by atoms with Crippen LogP contribution in [0.1, 0.15) is 155 Å². The van der Waals surface area contributed by atoms with Crippen molar-refractivity contribution in [2.45, 2.75) is 167 Å². The zero-order valence-corrected chi connectivity index (χ0v) is 29.7. The molecule has 0 aromatic rings. The first kappa shape index (κ1) is 43.7. The van der Waals surface area contributed by atoms with Crippen LogP contribution >= 0.6 is 7.82 Å². The van der Waals surface area contributed by atoms with Gasteiger partial charge in [-0.2, -0.15) is 0 Å². The van der Waals surface area contributed by atoms with E-state index in [0.29, 0.717) is 6.42 Å². The molecule has 0 aliphatic heterocycles. The highest BCUT2D eigenvalue weighted by atomic mass is 31.2. The van der Waals surface area contributed by atoms with Crippen molar-refractivity contribution in [3.8, 4) is 0 Å². The lowest BCUT2D eigenvalue weighted by Gasteiger charge is -2.23. The minimum Gasteiger partial charge on any atom is -0.387 e. The van der Waals surface area contributed by atoms with Crippen molar-refractivity contribution >= 4 is 13.7 Å². The van der Waals surface area contributed by atoms with Gasteiger partial charge in [0.1, 0.15) is 0 Å². The Labute approximate surface area is 276 Å². The monoisotopic (exact) mass is 656 g/mol. The largest absolute Gasteiger partial charge is 0.472 e. The Morgan fingerprint density at radius 3 is 1.71 bits per heavy atom. The van der Waals surface area contributed by atoms with Gasteiger partial charge < -0.3 is 21.1 Å². The maximum atomic E-state index is 12.6. The van der Waals surface area contributed by atoms with Crippen LogP contribution in [0.4, 0.5) is 0 Å². The fourth-order valence-electron chi connectivity index (χ4n) is 4.90. The van der Waals surface area contributed by atoms with Crippen LogP contribution in [0.25, 0.3) is 0 Å². The molecule has 0 rings (SSSR count). The van der Waals surface area contributed by atoms with Crippen molar-refractivity contribution in [1.29, 1.82) is 0 Å². The number of rotatable bonds is 33. The maximum absolute atomic E-state index is 12.6. The molecule has 264 valence electrons. The number of nitrogens with two attached hydrogens (primary N) is 1. The number of aliphatic hydroxyl groups is 1. The van der Waals surface area contributed by atoms with E-state index >= 15 is 0 Å². The Morgan fingerprint density at radius 2 is 1.18 bits per heavy atom. The van der Waals surface area contributed by atoms with Gasteiger partial charge in [0.2, 0.25) is 5.91 Å². The lowest BCUT2D eigenvalue weighted by molar-refractivity contribution is -0.123. The summed E-state index contributed by atoms with van der Waals surface area (Å²) in [6, 6.07) is -0.877. The molecule has 0 spiro atoms. The van der Waals surface area contributed by atoms with Gasteiger partial charge in [-0.25, -0.2) is 4.57 Å². The zero-order valence-electron chi connectivity index (χ0n) is 28.8. The molecule has 0 heterocycles. The highest BCUT2D eigenvalue weighted by molar-refractivity contribution is 7.47. The van der Waals surface area contributed by atoms with Crippen LogP contribution < -0.4 is 11.1 Å². The average molecular weight is 657 g/mol. The van der Waals surface area contributed by atoms with E-state index < -0.39 is 20.0 Å². The fraction of sp³-hybridized carbons (Fsp3) is 0.806. The highest BCUT2D eigenvalue weighted by Gasteiger charge is 2.26. The summed E-state index contributed by atoms with van der Waals surface area (Å²) >= 11 is 0. The molecule has 0 fully saturated rings. The lowest BCUT2D eigenvalue weighted by Crippen LogP contribution is -2.45. The standard InChI is InChI=1S/C36H69N2O6P/c1-3-5-7-9-11-13-15-16-17-18-20-22-24-26-28-30-36(40)38-34(33-44-45(41,42)43-32-31-37)35(39)29-27-25-23-21-19-14-12-10-8-6-4-2/h16-17,19,21,27,29,34-35,39H,3-15,18,20,22-26,28,30-33,37H2,1-2H3,(H,38,40)(H,41,42)/b17-16-,21-19+,29-27+. The van der Waals surface area contributed by atoms with Crippen molar-refractivity contribution in [2.24, 2.45) is 5.73 Å². The van der Waals surface area contributed by atoms with Crippen LogP contribution in [0.5, 0.6) is 0 Å². The molecule has 9 heteroatoms. The number of aliphatic hydroxyl groups excluding tert-OH is 1. The molecule has 0 aliphatic rings. The van der Waals surface area contributed by atoms with E-state index in [-0.39, 0.29) is 25.7 Å². The summed E-state index contributed by atoms with van der Waals surface area (Å²) in [5.41, 5.74) is 5.34. The van der Waals surface area contributed by atoms with Crippen LogP contribution in [-0.4, -0.2) is 47.8 Å². The minimum absolute atomic E-state index is 0.0721. The average Bonchev–Trinajstić information content (AvgIpc) is 3.02. The van der Waals surface area contributed by atoms with Gasteiger partial charge in [0.15, 0.2) is 0 Å². The number of unbranched alkanes of at least 4 members (excludes halogenated alkanes) is 17. The van der Waals surface area contributed by atoms with E-state index in [4.69, 9.17) is 14.8 Å². The third kappa shape index (κ3) is 31.1. The Kier molecular flexibility index (Phi) is 31.7. The molecule has 45 heavy (non-hydrogen) atoms. The van der Waals surface area contributed by atoms with Crippen molar-refractivity contribution in [2.75, 3.05) is 19.8 Å². The van der Waals surface area contributed by atoms with E-state index in [1.165, 1.54) is 83.5 Å². The summed E-state index contributed by atoms with van der Waals surface area (Å²) in [5, 5.41) is 13.5. The molecular weight excluding hydrogens is 587 g/mol. The SMILES string of the molecule is CCCCCCC/C=C/CC/C=C/C(O)C(COP(=O)(O)OCCN)NC(=O)CCCCCCC/C=C\CCCCCCCC. The quantitative estimate of drug-likeness (QED) is 0.0315. The number of nitrogens with one attached hydrogen (secondary N) is 1. The van der Waals surface area contributed by atoms with Gasteiger partial charge in [-0.3, -0.25) is 13.8 Å². The third-order valence-electron chi connectivity index (χ3n) is 7.69. The molecule has 0 bridgehead atoms. The van der Waals surface area contributed by atoms with E-state index in [1.807, 2.05) is 6.08 Å². The topological polar surface area (TPSA) is 131 Å². The number of allylic oxidation sites excluding steroid dienone is 5. The minimum atomic E-state index is -4.34. The van der Waals surface area contributed by atoms with Gasteiger partial charge in [0.05, 0.1) is 25.4 Å². The van der Waals surface area contributed by atoms with Gasteiger partial charge in [-0.05, 0) is 57.8 Å². The van der Waals surface area contributed by atoms with Crippen LogP contribution in [-0.2, 0) is 18.4 Å². The predicted octanol–water partition coefficient (Wildman–Crippen LogP) is 9.22. The second-order valence-electron chi connectivity index (χ2n) is 12.1. The van der Waals surface area contributed by atoms with Crippen LogP contribution in [0.2, 0.25) is 0 Å². The Hall–Kier alpha value is -1.28. The van der Waals surface area contributed by atoms with Gasteiger partial charge in [-0.15, -0.1) is 0 Å². The Balaban J connectivity index is 4.39. The summed E-state index contributed by atoms with van der Waals surface area (Å²) < 4.78 is 22.0. The molecular formula is C36H69N2O6P. The number of hydrogen-bond acceptors (Lipinski definition) is 6. The van der Waals surface area contributed by atoms with E-state index in [0.717, 1.165) is 51.4 Å². The van der Waals surface area contributed by atoms with Crippen molar-refractivity contribution in [1.82, 2.24) is 5.32 Å². The lowest BCUT2D eigenvalue weighted by atomic mass is 10.1. The molecule has 0 saturated heterocycles. The summed E-state index contributed by atoms with van der Waals surface area (Å²) in [6.45, 7) is 4.05. The van der Waals surface area contributed by atoms with Crippen molar-refractivity contribution in [3.05, 3.63) is 36.5 Å². The molecule has 0 aromatic heterocycles. The van der Waals surface area contributed by atoms with Gasteiger partial charge in [-0.1, -0.05) is 127 Å². The first-order valence-corrected chi connectivity index (χ1v) is 19.6. The van der Waals surface area contributed by atoms with Gasteiger partial charge in [0.25, 0.3) is 0 Å². The first-order chi connectivity index (χ1) is 21.9. The normalized spacial score (nSPS) is 14.9.